The third-order valence-corrected chi connectivity index (χ3v) is 2.44. The van der Waals surface area contributed by atoms with Crippen LogP contribution in [0.1, 0.15) is 25.3 Å². The molecule has 0 aliphatic carbocycles. The molecule has 0 spiro atoms. The molecule has 0 aliphatic heterocycles. The van der Waals surface area contributed by atoms with Crippen molar-refractivity contribution >= 4 is 5.82 Å². The van der Waals surface area contributed by atoms with Crippen molar-refractivity contribution in [3.8, 4) is 0 Å². The molecule has 1 unspecified atom stereocenters. The summed E-state index contributed by atoms with van der Waals surface area (Å²) in [6, 6.07) is 2.44. The quantitative estimate of drug-likeness (QED) is 0.841. The SMILES string of the molecule is CCC(N)CCNc1ccc(C(F)(F)F)cn1. The minimum Gasteiger partial charge on any atom is -0.370 e. The molecule has 1 aromatic heterocycles. The maximum absolute atomic E-state index is 12.2. The van der Waals surface area contributed by atoms with E-state index in [9.17, 15) is 13.2 Å². The van der Waals surface area contributed by atoms with E-state index in [0.717, 1.165) is 25.1 Å². The molecule has 1 heterocycles. The molecule has 0 aliphatic rings. The molecule has 1 rings (SSSR count). The molecule has 0 aromatic carbocycles. The highest BCUT2D eigenvalue weighted by Gasteiger charge is 2.30. The van der Waals surface area contributed by atoms with Crippen LogP contribution in [0.2, 0.25) is 0 Å². The Hall–Kier alpha value is -1.30. The highest BCUT2D eigenvalue weighted by atomic mass is 19.4. The lowest BCUT2D eigenvalue weighted by Gasteiger charge is -2.11. The van der Waals surface area contributed by atoms with Gasteiger partial charge in [-0.25, -0.2) is 4.98 Å². The molecule has 0 bridgehead atoms. The maximum atomic E-state index is 12.2. The van der Waals surface area contributed by atoms with Crippen LogP contribution in [0, 0.1) is 0 Å². The molecular formula is C11H16F3N3. The standard InChI is InChI=1S/C11H16F3N3/c1-2-9(15)5-6-16-10-4-3-8(7-17-10)11(12,13)14/h3-4,7,9H,2,5-6,15H2,1H3,(H,16,17). The predicted octanol–water partition coefficient (Wildman–Crippen LogP) is 2.64. The van der Waals surface area contributed by atoms with Crippen LogP contribution in [0.25, 0.3) is 0 Å². The zero-order valence-corrected chi connectivity index (χ0v) is 9.59. The molecule has 0 saturated carbocycles. The van der Waals surface area contributed by atoms with E-state index in [4.69, 9.17) is 5.73 Å². The van der Waals surface area contributed by atoms with Crippen LogP contribution in [0.3, 0.4) is 0 Å². The third-order valence-electron chi connectivity index (χ3n) is 2.44. The summed E-state index contributed by atoms with van der Waals surface area (Å²) in [6.45, 7) is 2.59. The summed E-state index contributed by atoms with van der Waals surface area (Å²) in [4.78, 5) is 3.70. The van der Waals surface area contributed by atoms with Gasteiger partial charge in [0.25, 0.3) is 0 Å². The second-order valence-electron chi connectivity index (χ2n) is 3.81. The van der Waals surface area contributed by atoms with Crippen LogP contribution in [-0.2, 0) is 6.18 Å². The van der Waals surface area contributed by atoms with Gasteiger partial charge in [0, 0.05) is 18.8 Å². The monoisotopic (exact) mass is 247 g/mol. The Labute approximate surface area is 98.2 Å². The lowest BCUT2D eigenvalue weighted by Crippen LogP contribution is -2.22. The van der Waals surface area contributed by atoms with E-state index in [-0.39, 0.29) is 6.04 Å². The first-order chi connectivity index (χ1) is 7.93. The van der Waals surface area contributed by atoms with Gasteiger partial charge in [-0.15, -0.1) is 0 Å². The van der Waals surface area contributed by atoms with Crippen LogP contribution in [0.4, 0.5) is 19.0 Å². The molecular weight excluding hydrogens is 231 g/mol. The van der Waals surface area contributed by atoms with E-state index in [1.807, 2.05) is 6.92 Å². The number of alkyl halides is 3. The van der Waals surface area contributed by atoms with E-state index < -0.39 is 11.7 Å². The summed E-state index contributed by atoms with van der Waals surface area (Å²) in [7, 11) is 0. The fraction of sp³-hybridized carbons (Fsp3) is 0.545. The van der Waals surface area contributed by atoms with Gasteiger partial charge in [-0.2, -0.15) is 13.2 Å². The molecule has 1 atom stereocenters. The van der Waals surface area contributed by atoms with Gasteiger partial charge in [0.1, 0.15) is 5.82 Å². The van der Waals surface area contributed by atoms with Crippen LogP contribution in [-0.4, -0.2) is 17.6 Å². The molecule has 0 fully saturated rings. The van der Waals surface area contributed by atoms with Crippen molar-refractivity contribution < 1.29 is 13.2 Å². The minimum atomic E-state index is -4.34. The Morgan fingerprint density at radius 2 is 2.12 bits per heavy atom. The van der Waals surface area contributed by atoms with Gasteiger partial charge in [0.05, 0.1) is 5.56 Å². The largest absolute Gasteiger partial charge is 0.417 e. The number of aromatic nitrogens is 1. The van der Waals surface area contributed by atoms with Crippen LogP contribution in [0.15, 0.2) is 18.3 Å². The summed E-state index contributed by atoms with van der Waals surface area (Å²) in [5.74, 6) is 0.432. The number of halogens is 3. The fourth-order valence-electron chi connectivity index (χ4n) is 1.26. The van der Waals surface area contributed by atoms with Gasteiger partial charge in [0.2, 0.25) is 0 Å². The molecule has 0 amide bonds. The number of hydrogen-bond acceptors (Lipinski definition) is 3. The third kappa shape index (κ3) is 4.60. The normalized spacial score (nSPS) is 13.5. The van der Waals surface area contributed by atoms with Gasteiger partial charge in [-0.3, -0.25) is 0 Å². The lowest BCUT2D eigenvalue weighted by atomic mass is 10.2. The number of pyridine rings is 1. The van der Waals surface area contributed by atoms with Gasteiger partial charge in [0.15, 0.2) is 0 Å². The van der Waals surface area contributed by atoms with E-state index >= 15 is 0 Å². The molecule has 1 aromatic rings. The zero-order valence-electron chi connectivity index (χ0n) is 9.59. The van der Waals surface area contributed by atoms with Crippen LogP contribution in [0.5, 0.6) is 0 Å². The average molecular weight is 247 g/mol. The van der Waals surface area contributed by atoms with Crippen molar-refractivity contribution in [1.29, 1.82) is 0 Å². The second-order valence-corrected chi connectivity index (χ2v) is 3.81. The molecule has 17 heavy (non-hydrogen) atoms. The van der Waals surface area contributed by atoms with Crippen molar-refractivity contribution in [3.63, 3.8) is 0 Å². The summed E-state index contributed by atoms with van der Waals surface area (Å²) >= 11 is 0. The number of anilines is 1. The molecule has 6 heteroatoms. The average Bonchev–Trinajstić information content (AvgIpc) is 2.28. The zero-order chi connectivity index (χ0) is 12.9. The second kappa shape index (κ2) is 5.86. The first kappa shape index (κ1) is 13.8. The van der Waals surface area contributed by atoms with Crippen molar-refractivity contribution in [2.45, 2.75) is 32.0 Å². The molecule has 0 radical (unpaired) electrons. The molecule has 3 N–H and O–H groups in total. The van der Waals surface area contributed by atoms with Crippen LogP contribution < -0.4 is 11.1 Å². The van der Waals surface area contributed by atoms with Gasteiger partial charge >= 0.3 is 6.18 Å². The summed E-state index contributed by atoms with van der Waals surface area (Å²) in [5, 5.41) is 2.93. The van der Waals surface area contributed by atoms with Crippen LogP contribution >= 0.6 is 0 Å². The lowest BCUT2D eigenvalue weighted by molar-refractivity contribution is -0.137. The first-order valence-corrected chi connectivity index (χ1v) is 5.46. The first-order valence-electron chi connectivity index (χ1n) is 5.46. The van der Waals surface area contributed by atoms with E-state index in [1.54, 1.807) is 0 Å². The Morgan fingerprint density at radius 3 is 2.59 bits per heavy atom. The van der Waals surface area contributed by atoms with E-state index in [2.05, 4.69) is 10.3 Å². The molecule has 0 saturated heterocycles. The highest BCUT2D eigenvalue weighted by Crippen LogP contribution is 2.28. The number of rotatable bonds is 5. The number of nitrogens with one attached hydrogen (secondary N) is 1. The summed E-state index contributed by atoms with van der Waals surface area (Å²) < 4.78 is 36.7. The number of nitrogens with two attached hydrogens (primary N) is 1. The predicted molar refractivity (Wildman–Crippen MR) is 60.6 cm³/mol. The topological polar surface area (TPSA) is 50.9 Å². The summed E-state index contributed by atoms with van der Waals surface area (Å²) in [5.41, 5.74) is 4.97. The Morgan fingerprint density at radius 1 is 1.41 bits per heavy atom. The van der Waals surface area contributed by atoms with Crippen molar-refractivity contribution in [1.82, 2.24) is 4.98 Å². The van der Waals surface area contributed by atoms with Gasteiger partial charge in [-0.05, 0) is 25.0 Å². The van der Waals surface area contributed by atoms with Gasteiger partial charge < -0.3 is 11.1 Å². The molecule has 96 valence electrons. The Balaban J connectivity index is 2.46. The van der Waals surface area contributed by atoms with Crippen molar-refractivity contribution in [3.05, 3.63) is 23.9 Å². The van der Waals surface area contributed by atoms with Crippen molar-refractivity contribution in [2.75, 3.05) is 11.9 Å². The van der Waals surface area contributed by atoms with Gasteiger partial charge in [-0.1, -0.05) is 6.92 Å². The Bertz CT molecular complexity index is 335. The summed E-state index contributed by atoms with van der Waals surface area (Å²) in [6.07, 6.45) is -1.88. The minimum absolute atomic E-state index is 0.108. The van der Waals surface area contributed by atoms with E-state index in [0.29, 0.717) is 12.4 Å². The Kier molecular flexibility index (Phi) is 4.74. The van der Waals surface area contributed by atoms with E-state index in [1.165, 1.54) is 6.07 Å². The molecule has 3 nitrogen and oxygen atoms in total. The maximum Gasteiger partial charge on any atom is 0.417 e. The fourth-order valence-corrected chi connectivity index (χ4v) is 1.26. The highest BCUT2D eigenvalue weighted by molar-refractivity contribution is 5.36. The smallest absolute Gasteiger partial charge is 0.370 e. The van der Waals surface area contributed by atoms with Crippen molar-refractivity contribution in [2.24, 2.45) is 5.73 Å². The number of nitrogens with zero attached hydrogens (tertiary/aromatic N) is 1. The number of hydrogen-bond donors (Lipinski definition) is 2.